The molecule has 2 heterocycles. The molecule has 1 aliphatic rings. The standard InChI is InChI=1S/C9H13N3O3S/c1-6(2)9(13)4-11(5-9)8-10-3-7(16-8)12(14)15/h3,6,13H,4-5H2,1-2H3. The van der Waals surface area contributed by atoms with E-state index < -0.39 is 10.5 Å². The van der Waals surface area contributed by atoms with Crippen molar-refractivity contribution < 1.29 is 10.0 Å². The van der Waals surface area contributed by atoms with Crippen LogP contribution in [0.4, 0.5) is 10.1 Å². The van der Waals surface area contributed by atoms with E-state index in [1.807, 2.05) is 18.7 Å². The van der Waals surface area contributed by atoms with Gasteiger partial charge in [-0.1, -0.05) is 13.8 Å². The fourth-order valence-electron chi connectivity index (χ4n) is 1.60. The molecule has 16 heavy (non-hydrogen) atoms. The lowest BCUT2D eigenvalue weighted by molar-refractivity contribution is -0.380. The van der Waals surface area contributed by atoms with Crippen LogP contribution in [-0.2, 0) is 0 Å². The Morgan fingerprint density at radius 1 is 1.69 bits per heavy atom. The molecule has 2 rings (SSSR count). The van der Waals surface area contributed by atoms with E-state index in [0.29, 0.717) is 18.2 Å². The molecule has 0 saturated carbocycles. The molecule has 0 spiro atoms. The van der Waals surface area contributed by atoms with Gasteiger partial charge >= 0.3 is 5.00 Å². The van der Waals surface area contributed by atoms with Gasteiger partial charge in [-0.25, -0.2) is 4.98 Å². The highest BCUT2D eigenvalue weighted by molar-refractivity contribution is 7.18. The maximum atomic E-state index is 10.5. The van der Waals surface area contributed by atoms with Crippen LogP contribution in [0.5, 0.6) is 0 Å². The highest BCUT2D eigenvalue weighted by Crippen LogP contribution is 2.36. The van der Waals surface area contributed by atoms with Gasteiger partial charge in [-0.2, -0.15) is 0 Å². The van der Waals surface area contributed by atoms with Gasteiger partial charge in [0.1, 0.15) is 11.8 Å². The zero-order valence-corrected chi connectivity index (χ0v) is 9.90. The van der Waals surface area contributed by atoms with Crippen LogP contribution in [0.3, 0.4) is 0 Å². The van der Waals surface area contributed by atoms with Crippen molar-refractivity contribution in [3.05, 3.63) is 16.3 Å². The lowest BCUT2D eigenvalue weighted by Gasteiger charge is -2.48. The summed E-state index contributed by atoms with van der Waals surface area (Å²) in [5.41, 5.74) is -0.680. The van der Waals surface area contributed by atoms with Crippen LogP contribution >= 0.6 is 11.3 Å². The molecule has 0 radical (unpaired) electrons. The van der Waals surface area contributed by atoms with Crippen LogP contribution in [0.25, 0.3) is 0 Å². The number of β-amino-alcohol motifs (C(OH)–C–C–N with tert-alkyl or cyclic N) is 1. The highest BCUT2D eigenvalue weighted by atomic mass is 32.1. The molecule has 0 unspecified atom stereocenters. The summed E-state index contributed by atoms with van der Waals surface area (Å²) in [6, 6.07) is 0. The molecule has 1 N–H and O–H groups in total. The molecule has 1 aliphatic heterocycles. The number of aliphatic hydroxyl groups is 1. The topological polar surface area (TPSA) is 79.5 Å². The van der Waals surface area contributed by atoms with Crippen LogP contribution in [-0.4, -0.2) is 33.7 Å². The Morgan fingerprint density at radius 2 is 2.31 bits per heavy atom. The Balaban J connectivity index is 2.04. The summed E-state index contributed by atoms with van der Waals surface area (Å²) in [4.78, 5) is 15.9. The minimum Gasteiger partial charge on any atom is -0.386 e. The molecule has 6 nitrogen and oxygen atoms in total. The van der Waals surface area contributed by atoms with Crippen LogP contribution in [0.2, 0.25) is 0 Å². The fraction of sp³-hybridized carbons (Fsp3) is 0.667. The Labute approximate surface area is 96.7 Å². The quantitative estimate of drug-likeness (QED) is 0.638. The van der Waals surface area contributed by atoms with E-state index in [1.54, 1.807) is 0 Å². The normalized spacial score (nSPS) is 18.6. The third kappa shape index (κ3) is 1.76. The number of nitro groups is 1. The monoisotopic (exact) mass is 243 g/mol. The molecule has 0 bridgehead atoms. The Kier molecular flexibility index (Phi) is 2.59. The van der Waals surface area contributed by atoms with Gasteiger partial charge in [0.05, 0.1) is 18.0 Å². The molecular formula is C9H13N3O3S. The highest BCUT2D eigenvalue weighted by Gasteiger charge is 2.45. The maximum Gasteiger partial charge on any atom is 0.345 e. The van der Waals surface area contributed by atoms with Crippen molar-refractivity contribution >= 4 is 21.5 Å². The Hall–Kier alpha value is -1.21. The number of hydrogen-bond donors (Lipinski definition) is 1. The van der Waals surface area contributed by atoms with E-state index in [-0.39, 0.29) is 10.9 Å². The summed E-state index contributed by atoms with van der Waals surface area (Å²) in [7, 11) is 0. The molecule has 88 valence electrons. The second-order valence-corrected chi connectivity index (χ2v) is 5.34. The number of rotatable bonds is 3. The summed E-state index contributed by atoms with van der Waals surface area (Å²) >= 11 is 1.04. The van der Waals surface area contributed by atoms with Crippen LogP contribution in [0, 0.1) is 16.0 Å². The second kappa shape index (κ2) is 3.67. The van der Waals surface area contributed by atoms with Gasteiger partial charge in [-0.05, 0) is 17.3 Å². The predicted molar refractivity (Wildman–Crippen MR) is 60.8 cm³/mol. The van der Waals surface area contributed by atoms with Crippen molar-refractivity contribution in [2.24, 2.45) is 5.92 Å². The molecular weight excluding hydrogens is 230 g/mol. The molecule has 1 saturated heterocycles. The van der Waals surface area contributed by atoms with Crippen molar-refractivity contribution in [1.82, 2.24) is 4.98 Å². The zero-order chi connectivity index (χ0) is 11.9. The third-order valence-electron chi connectivity index (χ3n) is 2.94. The summed E-state index contributed by atoms with van der Waals surface area (Å²) in [6.07, 6.45) is 1.26. The van der Waals surface area contributed by atoms with Crippen LogP contribution in [0.1, 0.15) is 13.8 Å². The molecule has 1 fully saturated rings. The van der Waals surface area contributed by atoms with Gasteiger partial charge in [-0.3, -0.25) is 10.1 Å². The Morgan fingerprint density at radius 3 is 2.75 bits per heavy atom. The van der Waals surface area contributed by atoms with Crippen molar-refractivity contribution in [3.8, 4) is 0 Å². The summed E-state index contributed by atoms with van der Waals surface area (Å²) in [6.45, 7) is 4.91. The van der Waals surface area contributed by atoms with Gasteiger partial charge in [0.2, 0.25) is 0 Å². The number of thiazole rings is 1. The summed E-state index contributed by atoms with van der Waals surface area (Å²) in [5.74, 6) is 0.179. The molecule has 1 aromatic rings. The van der Waals surface area contributed by atoms with Gasteiger partial charge in [0.25, 0.3) is 0 Å². The minimum absolute atomic E-state index is 0.0370. The average molecular weight is 243 g/mol. The first kappa shape index (κ1) is 11.3. The van der Waals surface area contributed by atoms with Crippen molar-refractivity contribution in [3.63, 3.8) is 0 Å². The third-order valence-corrected chi connectivity index (χ3v) is 3.95. The number of anilines is 1. The van der Waals surface area contributed by atoms with Gasteiger partial charge in [0, 0.05) is 0 Å². The largest absolute Gasteiger partial charge is 0.386 e. The van der Waals surface area contributed by atoms with E-state index in [1.165, 1.54) is 6.20 Å². The molecule has 7 heteroatoms. The summed E-state index contributed by atoms with van der Waals surface area (Å²) in [5, 5.41) is 21.2. The number of nitrogens with zero attached hydrogens (tertiary/aromatic N) is 3. The number of aromatic nitrogens is 1. The van der Waals surface area contributed by atoms with Crippen molar-refractivity contribution in [2.75, 3.05) is 18.0 Å². The minimum atomic E-state index is -0.680. The SMILES string of the molecule is CC(C)C1(O)CN(c2ncc([N+](=O)[O-])s2)C1. The zero-order valence-electron chi connectivity index (χ0n) is 9.08. The molecule has 1 aromatic heterocycles. The van der Waals surface area contributed by atoms with Gasteiger partial charge < -0.3 is 10.0 Å². The first-order chi connectivity index (χ1) is 7.42. The molecule has 0 amide bonds. The van der Waals surface area contributed by atoms with Crippen molar-refractivity contribution in [1.29, 1.82) is 0 Å². The first-order valence-electron chi connectivity index (χ1n) is 5.00. The molecule has 0 aliphatic carbocycles. The molecule has 0 atom stereocenters. The fourth-order valence-corrected chi connectivity index (χ4v) is 2.33. The average Bonchev–Trinajstić information content (AvgIpc) is 2.60. The van der Waals surface area contributed by atoms with Gasteiger partial charge in [-0.15, -0.1) is 0 Å². The van der Waals surface area contributed by atoms with E-state index in [2.05, 4.69) is 4.98 Å². The maximum absolute atomic E-state index is 10.5. The molecule has 0 aromatic carbocycles. The van der Waals surface area contributed by atoms with E-state index >= 15 is 0 Å². The predicted octanol–water partition coefficient (Wildman–Crippen LogP) is 1.26. The Bertz CT molecular complexity index is 412. The van der Waals surface area contributed by atoms with Gasteiger partial charge in [0.15, 0.2) is 5.13 Å². The first-order valence-corrected chi connectivity index (χ1v) is 5.81. The van der Waals surface area contributed by atoms with Crippen molar-refractivity contribution in [2.45, 2.75) is 19.4 Å². The van der Waals surface area contributed by atoms with E-state index in [0.717, 1.165) is 11.3 Å². The van der Waals surface area contributed by atoms with Crippen LogP contribution in [0.15, 0.2) is 6.20 Å². The van der Waals surface area contributed by atoms with Crippen LogP contribution < -0.4 is 4.90 Å². The number of hydrogen-bond acceptors (Lipinski definition) is 6. The summed E-state index contributed by atoms with van der Waals surface area (Å²) < 4.78 is 0. The smallest absolute Gasteiger partial charge is 0.345 e. The van der Waals surface area contributed by atoms with E-state index in [9.17, 15) is 15.2 Å². The second-order valence-electron chi connectivity index (χ2n) is 4.35. The van der Waals surface area contributed by atoms with E-state index in [4.69, 9.17) is 0 Å². The lowest BCUT2D eigenvalue weighted by Crippen LogP contribution is -2.64. The lowest BCUT2D eigenvalue weighted by atomic mass is 9.83.